The zero-order valence-corrected chi connectivity index (χ0v) is 9.19. The van der Waals surface area contributed by atoms with Gasteiger partial charge >= 0.3 is 5.97 Å². The van der Waals surface area contributed by atoms with Gasteiger partial charge < -0.3 is 10.8 Å². The molecule has 7 nitrogen and oxygen atoms in total. The van der Waals surface area contributed by atoms with Crippen LogP contribution < -0.4 is 5.73 Å². The van der Waals surface area contributed by atoms with Crippen LogP contribution in [0.15, 0.2) is 36.8 Å². The van der Waals surface area contributed by atoms with E-state index in [9.17, 15) is 4.79 Å². The smallest absolute Gasteiger partial charge is 0.358 e. The normalized spacial score (nSPS) is 10.9. The summed E-state index contributed by atoms with van der Waals surface area (Å²) in [5.41, 5.74) is 6.32. The lowest BCUT2D eigenvalue weighted by Gasteiger charge is -2.04. The summed E-state index contributed by atoms with van der Waals surface area (Å²) in [6, 6.07) is 5.46. The topological polar surface area (TPSA) is 98.4 Å². The van der Waals surface area contributed by atoms with Gasteiger partial charge in [-0.1, -0.05) is 6.07 Å². The highest BCUT2D eigenvalue weighted by molar-refractivity contribution is 5.91. The molecule has 0 aromatic carbocycles. The minimum atomic E-state index is -1.15. The molecule has 0 unspecified atom stereocenters. The molecule has 0 saturated heterocycles. The molecule has 0 spiro atoms. The Balaban J connectivity index is 2.23. The Morgan fingerprint density at radius 3 is 2.94 bits per heavy atom. The predicted octanol–water partition coefficient (Wildman–Crippen LogP) is 0.800. The van der Waals surface area contributed by atoms with E-state index in [1.54, 1.807) is 22.9 Å². The summed E-state index contributed by atoms with van der Waals surface area (Å²) in [7, 11) is 0. The van der Waals surface area contributed by atoms with Crippen molar-refractivity contribution in [1.82, 2.24) is 19.2 Å². The van der Waals surface area contributed by atoms with Gasteiger partial charge in [0.05, 0.1) is 11.9 Å². The van der Waals surface area contributed by atoms with E-state index in [4.69, 9.17) is 10.8 Å². The molecule has 0 radical (unpaired) electrons. The average molecular weight is 243 g/mol. The van der Waals surface area contributed by atoms with Gasteiger partial charge in [-0.15, -0.1) is 0 Å². The fraction of sp³-hybridized carbons (Fsp3) is 0. The van der Waals surface area contributed by atoms with Gasteiger partial charge in [0.25, 0.3) is 0 Å². The summed E-state index contributed by atoms with van der Waals surface area (Å²) in [6.45, 7) is 0. The molecule has 3 rings (SSSR count). The van der Waals surface area contributed by atoms with Gasteiger partial charge in [-0.05, 0) is 12.1 Å². The van der Waals surface area contributed by atoms with Crippen LogP contribution in [0.3, 0.4) is 0 Å². The van der Waals surface area contributed by atoms with Crippen LogP contribution >= 0.6 is 0 Å². The molecular formula is C11H9N5O2. The maximum atomic E-state index is 10.9. The quantitative estimate of drug-likeness (QED) is 0.693. The molecule has 0 aliphatic heterocycles. The van der Waals surface area contributed by atoms with E-state index in [1.807, 2.05) is 12.1 Å². The minimum absolute atomic E-state index is 0.125. The fourth-order valence-electron chi connectivity index (χ4n) is 1.79. The van der Waals surface area contributed by atoms with Crippen LogP contribution in [0.1, 0.15) is 10.5 Å². The number of hydrogen-bond donors (Lipinski definition) is 2. The molecule has 0 amide bonds. The first-order chi connectivity index (χ1) is 8.66. The number of nitrogens with two attached hydrogens (primary N) is 1. The number of hydrogen-bond acceptors (Lipinski definition) is 4. The number of carbonyl (C=O) groups is 1. The minimum Gasteiger partial charge on any atom is -0.476 e. The SMILES string of the molecule is Nc1cn(-c2cccc3nccn23)nc1C(=O)O. The Hall–Kier alpha value is -2.83. The van der Waals surface area contributed by atoms with E-state index in [2.05, 4.69) is 10.1 Å². The monoisotopic (exact) mass is 243 g/mol. The first-order valence-electron chi connectivity index (χ1n) is 5.18. The van der Waals surface area contributed by atoms with Gasteiger partial charge in [0.1, 0.15) is 11.5 Å². The largest absolute Gasteiger partial charge is 0.476 e. The lowest BCUT2D eigenvalue weighted by molar-refractivity contribution is 0.0691. The van der Waals surface area contributed by atoms with Crippen molar-refractivity contribution in [3.05, 3.63) is 42.5 Å². The lowest BCUT2D eigenvalue weighted by atomic mass is 10.4. The summed E-state index contributed by atoms with van der Waals surface area (Å²) in [6.07, 6.45) is 4.89. The standard InChI is InChI=1S/C11H9N5O2/c12-7-6-16(14-10(7)11(17)18)9-3-1-2-8-13-4-5-15(8)9/h1-6H,12H2,(H,17,18). The van der Waals surface area contributed by atoms with Crippen molar-refractivity contribution in [3.63, 3.8) is 0 Å². The molecule has 0 fully saturated rings. The molecule has 0 aliphatic carbocycles. The number of imidazole rings is 1. The molecule has 0 bridgehead atoms. The van der Waals surface area contributed by atoms with Crippen molar-refractivity contribution in [2.45, 2.75) is 0 Å². The number of carboxylic acid groups (broad SMARTS) is 1. The first-order valence-corrected chi connectivity index (χ1v) is 5.18. The zero-order chi connectivity index (χ0) is 12.7. The third-order valence-electron chi connectivity index (χ3n) is 2.59. The molecular weight excluding hydrogens is 234 g/mol. The van der Waals surface area contributed by atoms with Gasteiger partial charge in [0.2, 0.25) is 0 Å². The van der Waals surface area contributed by atoms with Crippen LogP contribution in [0.2, 0.25) is 0 Å². The Bertz CT molecular complexity index is 743. The molecule has 3 heterocycles. The molecule has 18 heavy (non-hydrogen) atoms. The van der Waals surface area contributed by atoms with E-state index >= 15 is 0 Å². The number of aromatic nitrogens is 4. The number of pyridine rings is 1. The summed E-state index contributed by atoms with van der Waals surface area (Å²) >= 11 is 0. The molecule has 0 saturated carbocycles. The summed E-state index contributed by atoms with van der Waals surface area (Å²) < 4.78 is 3.21. The van der Waals surface area contributed by atoms with Crippen molar-refractivity contribution >= 4 is 17.3 Å². The second kappa shape index (κ2) is 3.59. The molecule has 0 aliphatic rings. The van der Waals surface area contributed by atoms with E-state index in [1.165, 1.54) is 10.9 Å². The number of nitrogens with zero attached hydrogens (tertiary/aromatic N) is 4. The van der Waals surface area contributed by atoms with E-state index in [0.29, 0.717) is 5.82 Å². The average Bonchev–Trinajstić information content (AvgIpc) is 2.94. The molecule has 90 valence electrons. The predicted molar refractivity (Wildman–Crippen MR) is 63.7 cm³/mol. The highest BCUT2D eigenvalue weighted by Crippen LogP contribution is 2.15. The molecule has 3 aromatic heterocycles. The van der Waals surface area contributed by atoms with Crippen LogP contribution in [-0.2, 0) is 0 Å². The Kier molecular flexibility index (Phi) is 2.06. The van der Waals surface area contributed by atoms with Crippen molar-refractivity contribution in [3.8, 4) is 5.82 Å². The summed E-state index contributed by atoms with van der Waals surface area (Å²) in [5.74, 6) is -0.478. The highest BCUT2D eigenvalue weighted by atomic mass is 16.4. The van der Waals surface area contributed by atoms with Crippen molar-refractivity contribution < 1.29 is 9.90 Å². The Labute approximate surface area is 101 Å². The fourth-order valence-corrected chi connectivity index (χ4v) is 1.79. The second-order valence-electron chi connectivity index (χ2n) is 3.72. The molecule has 7 heteroatoms. The third-order valence-corrected chi connectivity index (χ3v) is 2.59. The van der Waals surface area contributed by atoms with E-state index in [0.717, 1.165) is 5.65 Å². The van der Waals surface area contributed by atoms with Gasteiger partial charge in [-0.2, -0.15) is 5.10 Å². The maximum Gasteiger partial charge on any atom is 0.358 e. The number of rotatable bonds is 2. The maximum absolute atomic E-state index is 10.9. The summed E-state index contributed by atoms with van der Waals surface area (Å²) in [5, 5.41) is 12.9. The number of carboxylic acids is 1. The van der Waals surface area contributed by atoms with Crippen LogP contribution in [0, 0.1) is 0 Å². The Morgan fingerprint density at radius 2 is 2.22 bits per heavy atom. The van der Waals surface area contributed by atoms with Crippen molar-refractivity contribution in [1.29, 1.82) is 0 Å². The Morgan fingerprint density at radius 1 is 1.39 bits per heavy atom. The molecule has 3 N–H and O–H groups in total. The van der Waals surface area contributed by atoms with Crippen LogP contribution in [0.4, 0.5) is 5.69 Å². The van der Waals surface area contributed by atoms with E-state index in [-0.39, 0.29) is 11.4 Å². The number of anilines is 1. The van der Waals surface area contributed by atoms with Crippen LogP contribution in [0.5, 0.6) is 0 Å². The molecule has 3 aromatic rings. The van der Waals surface area contributed by atoms with Gasteiger partial charge in [0, 0.05) is 12.4 Å². The molecule has 0 atom stereocenters. The number of aromatic carboxylic acids is 1. The first kappa shape index (κ1) is 10.3. The second-order valence-corrected chi connectivity index (χ2v) is 3.72. The zero-order valence-electron chi connectivity index (χ0n) is 9.19. The van der Waals surface area contributed by atoms with E-state index < -0.39 is 5.97 Å². The lowest BCUT2D eigenvalue weighted by Crippen LogP contribution is -2.05. The van der Waals surface area contributed by atoms with Crippen LogP contribution in [-0.4, -0.2) is 30.2 Å². The van der Waals surface area contributed by atoms with Gasteiger partial charge in [-0.3, -0.25) is 4.40 Å². The number of nitrogen functional groups attached to an aromatic ring is 1. The van der Waals surface area contributed by atoms with Gasteiger partial charge in [-0.25, -0.2) is 14.5 Å². The third kappa shape index (κ3) is 1.41. The summed E-state index contributed by atoms with van der Waals surface area (Å²) in [4.78, 5) is 15.0. The number of fused-ring (bicyclic) bond motifs is 1. The van der Waals surface area contributed by atoms with Crippen LogP contribution in [0.25, 0.3) is 11.5 Å². The van der Waals surface area contributed by atoms with Gasteiger partial charge in [0.15, 0.2) is 5.69 Å². The van der Waals surface area contributed by atoms with Crippen molar-refractivity contribution in [2.24, 2.45) is 0 Å². The highest BCUT2D eigenvalue weighted by Gasteiger charge is 2.15. The van der Waals surface area contributed by atoms with Crippen molar-refractivity contribution in [2.75, 3.05) is 5.73 Å².